The van der Waals surface area contributed by atoms with Gasteiger partial charge in [0.25, 0.3) is 0 Å². The van der Waals surface area contributed by atoms with Gasteiger partial charge in [0.2, 0.25) is 10.0 Å². The van der Waals surface area contributed by atoms with Gasteiger partial charge >= 0.3 is 0 Å². The maximum atomic E-state index is 12.2. The van der Waals surface area contributed by atoms with Crippen LogP contribution < -0.4 is 10.5 Å². The zero-order chi connectivity index (χ0) is 13.9. The summed E-state index contributed by atoms with van der Waals surface area (Å²) >= 11 is 0. The van der Waals surface area contributed by atoms with Gasteiger partial charge in [0, 0.05) is 23.8 Å². The van der Waals surface area contributed by atoms with E-state index in [1.165, 1.54) is 6.07 Å². The third kappa shape index (κ3) is 2.85. The molecular weight excluding hydrogens is 262 g/mol. The van der Waals surface area contributed by atoms with E-state index in [1.807, 2.05) is 6.92 Å². The molecule has 0 bridgehead atoms. The van der Waals surface area contributed by atoms with Crippen molar-refractivity contribution in [2.24, 2.45) is 0 Å². The van der Waals surface area contributed by atoms with Crippen LogP contribution in [0.1, 0.15) is 19.8 Å². The van der Waals surface area contributed by atoms with E-state index in [0.717, 1.165) is 12.8 Å². The van der Waals surface area contributed by atoms with Gasteiger partial charge in [-0.25, -0.2) is 13.1 Å². The molecule has 0 saturated heterocycles. The molecule has 0 atom stereocenters. The van der Waals surface area contributed by atoms with Crippen LogP contribution in [-0.2, 0) is 10.0 Å². The fourth-order valence-electron chi connectivity index (χ4n) is 1.85. The van der Waals surface area contributed by atoms with Gasteiger partial charge in [-0.05, 0) is 30.7 Å². The van der Waals surface area contributed by atoms with Crippen molar-refractivity contribution in [3.63, 3.8) is 0 Å². The van der Waals surface area contributed by atoms with E-state index < -0.39 is 10.0 Å². The van der Waals surface area contributed by atoms with E-state index in [9.17, 15) is 8.42 Å². The van der Waals surface area contributed by atoms with Gasteiger partial charge in [0.05, 0.1) is 5.52 Å². The Kier molecular flexibility index (Phi) is 4.01. The number of pyridine rings is 1. The molecule has 0 aliphatic carbocycles. The second kappa shape index (κ2) is 5.54. The number of nitrogen functional groups attached to an aromatic ring is 1. The van der Waals surface area contributed by atoms with Crippen LogP contribution in [0.3, 0.4) is 0 Å². The quantitative estimate of drug-likeness (QED) is 0.646. The Bertz CT molecular complexity index is 683. The van der Waals surface area contributed by atoms with Gasteiger partial charge in [-0.1, -0.05) is 13.3 Å². The first-order valence-corrected chi connectivity index (χ1v) is 7.67. The van der Waals surface area contributed by atoms with Crippen LogP contribution >= 0.6 is 0 Å². The summed E-state index contributed by atoms with van der Waals surface area (Å²) in [4.78, 5) is 4.31. The molecule has 0 aliphatic rings. The Morgan fingerprint density at radius 3 is 2.84 bits per heavy atom. The van der Waals surface area contributed by atoms with Crippen LogP contribution in [0, 0.1) is 0 Å². The smallest absolute Gasteiger partial charge is 0.242 e. The molecule has 0 unspecified atom stereocenters. The van der Waals surface area contributed by atoms with Crippen LogP contribution in [0.5, 0.6) is 0 Å². The minimum atomic E-state index is -3.54. The number of hydrogen-bond acceptors (Lipinski definition) is 4. The number of unbranched alkanes of at least 4 members (excludes halogenated alkanes) is 1. The lowest BCUT2D eigenvalue weighted by Gasteiger charge is -2.09. The molecule has 5 nitrogen and oxygen atoms in total. The number of hydrogen-bond donors (Lipinski definition) is 2. The second-order valence-electron chi connectivity index (χ2n) is 4.30. The molecule has 1 heterocycles. The van der Waals surface area contributed by atoms with Crippen molar-refractivity contribution < 1.29 is 8.42 Å². The highest BCUT2D eigenvalue weighted by atomic mass is 32.2. The summed E-state index contributed by atoms with van der Waals surface area (Å²) in [6, 6.07) is 6.60. The molecule has 0 amide bonds. The van der Waals surface area contributed by atoms with Crippen molar-refractivity contribution in [3.05, 3.63) is 30.5 Å². The van der Waals surface area contributed by atoms with Crippen molar-refractivity contribution >= 4 is 26.6 Å². The second-order valence-corrected chi connectivity index (χ2v) is 6.04. The van der Waals surface area contributed by atoms with Crippen LogP contribution in [0.25, 0.3) is 10.9 Å². The van der Waals surface area contributed by atoms with Crippen molar-refractivity contribution in [2.45, 2.75) is 24.7 Å². The Balaban J connectivity index is 2.48. The SMILES string of the molecule is CCCCNS(=O)(=O)c1ccc(N)c2cccnc12. The maximum Gasteiger partial charge on any atom is 0.242 e. The van der Waals surface area contributed by atoms with E-state index in [-0.39, 0.29) is 4.90 Å². The molecule has 0 radical (unpaired) electrons. The van der Waals surface area contributed by atoms with E-state index in [1.54, 1.807) is 24.4 Å². The zero-order valence-corrected chi connectivity index (χ0v) is 11.6. The van der Waals surface area contributed by atoms with Crippen LogP contribution in [0.4, 0.5) is 5.69 Å². The number of sulfonamides is 1. The lowest BCUT2D eigenvalue weighted by molar-refractivity contribution is 0.579. The number of fused-ring (bicyclic) bond motifs is 1. The van der Waals surface area contributed by atoms with E-state index >= 15 is 0 Å². The lowest BCUT2D eigenvalue weighted by Crippen LogP contribution is -2.25. The first-order valence-electron chi connectivity index (χ1n) is 6.19. The van der Waals surface area contributed by atoms with Crippen molar-refractivity contribution in [1.29, 1.82) is 0 Å². The fraction of sp³-hybridized carbons (Fsp3) is 0.308. The molecule has 0 saturated carbocycles. The predicted octanol–water partition coefficient (Wildman–Crippen LogP) is 1.90. The Morgan fingerprint density at radius 2 is 2.11 bits per heavy atom. The fourth-order valence-corrected chi connectivity index (χ4v) is 3.08. The molecule has 6 heteroatoms. The van der Waals surface area contributed by atoms with E-state index in [2.05, 4.69) is 9.71 Å². The molecule has 2 rings (SSSR count). The number of nitrogens with zero attached hydrogens (tertiary/aromatic N) is 1. The van der Waals surface area contributed by atoms with Crippen molar-refractivity contribution in [1.82, 2.24) is 9.71 Å². The average Bonchev–Trinajstić information content (AvgIpc) is 2.39. The minimum absolute atomic E-state index is 0.174. The summed E-state index contributed by atoms with van der Waals surface area (Å²) in [5, 5.41) is 0.654. The van der Waals surface area contributed by atoms with Gasteiger partial charge in [-0.3, -0.25) is 4.98 Å². The first-order chi connectivity index (χ1) is 9.06. The summed E-state index contributed by atoms with van der Waals surface area (Å²) < 4.78 is 27.1. The number of aromatic nitrogens is 1. The monoisotopic (exact) mass is 279 g/mol. The molecule has 3 N–H and O–H groups in total. The molecule has 1 aromatic heterocycles. The number of nitrogens with two attached hydrogens (primary N) is 1. The Labute approximate surface area is 112 Å². The number of benzene rings is 1. The topological polar surface area (TPSA) is 85.1 Å². The Hall–Kier alpha value is -1.66. The van der Waals surface area contributed by atoms with Gasteiger partial charge in [0.15, 0.2) is 0 Å². The van der Waals surface area contributed by atoms with Crippen LogP contribution in [0.2, 0.25) is 0 Å². The van der Waals surface area contributed by atoms with Crippen LogP contribution in [0.15, 0.2) is 35.4 Å². The summed E-state index contributed by atoms with van der Waals surface area (Å²) in [7, 11) is -3.54. The largest absolute Gasteiger partial charge is 0.398 e. The van der Waals surface area contributed by atoms with Crippen molar-refractivity contribution in [2.75, 3.05) is 12.3 Å². The zero-order valence-electron chi connectivity index (χ0n) is 10.8. The van der Waals surface area contributed by atoms with Gasteiger partial charge in [-0.15, -0.1) is 0 Å². The third-order valence-corrected chi connectivity index (χ3v) is 4.37. The van der Waals surface area contributed by atoms with Gasteiger partial charge < -0.3 is 5.73 Å². The molecule has 2 aromatic rings. The molecule has 0 fully saturated rings. The molecule has 0 spiro atoms. The van der Waals surface area contributed by atoms with Gasteiger partial charge in [0.1, 0.15) is 4.90 Å². The maximum absolute atomic E-state index is 12.2. The normalized spacial score (nSPS) is 11.8. The molecule has 102 valence electrons. The standard InChI is InChI=1S/C13H17N3O2S/c1-2-3-9-16-19(17,18)12-7-6-11(14)10-5-4-8-15-13(10)12/h4-8,16H,2-3,9,14H2,1H3. The number of rotatable bonds is 5. The number of anilines is 1. The van der Waals surface area contributed by atoms with Gasteiger partial charge in [-0.2, -0.15) is 0 Å². The van der Waals surface area contributed by atoms with E-state index in [4.69, 9.17) is 5.73 Å². The summed E-state index contributed by atoms with van der Waals surface area (Å²) in [5.74, 6) is 0. The van der Waals surface area contributed by atoms with Crippen molar-refractivity contribution in [3.8, 4) is 0 Å². The summed E-state index contributed by atoms with van der Waals surface area (Å²) in [6.07, 6.45) is 3.30. The minimum Gasteiger partial charge on any atom is -0.398 e. The Morgan fingerprint density at radius 1 is 1.32 bits per heavy atom. The molecule has 1 aromatic carbocycles. The molecule has 19 heavy (non-hydrogen) atoms. The highest BCUT2D eigenvalue weighted by molar-refractivity contribution is 7.89. The van der Waals surface area contributed by atoms with Crippen LogP contribution in [-0.4, -0.2) is 19.9 Å². The summed E-state index contributed by atoms with van der Waals surface area (Å²) in [5.41, 5.74) is 6.77. The van der Waals surface area contributed by atoms with E-state index in [0.29, 0.717) is 23.1 Å². The predicted molar refractivity (Wildman–Crippen MR) is 76.3 cm³/mol. The molecule has 0 aliphatic heterocycles. The average molecular weight is 279 g/mol. The molecular formula is C13H17N3O2S. The lowest BCUT2D eigenvalue weighted by atomic mass is 10.2. The third-order valence-electron chi connectivity index (χ3n) is 2.88. The number of nitrogens with one attached hydrogen (secondary N) is 1. The first kappa shape index (κ1) is 13.8. The summed E-state index contributed by atoms with van der Waals surface area (Å²) in [6.45, 7) is 2.44. The highest BCUT2D eigenvalue weighted by Crippen LogP contribution is 2.25. The highest BCUT2D eigenvalue weighted by Gasteiger charge is 2.18.